The molecule has 0 aromatic rings. The van der Waals surface area contributed by atoms with Crippen LogP contribution >= 0.6 is 11.8 Å². The van der Waals surface area contributed by atoms with Crippen LogP contribution in [0.4, 0.5) is 0 Å². The maximum Gasteiger partial charge on any atom is 0.112 e. The predicted octanol–water partition coefficient (Wildman–Crippen LogP) is 1.03. The Morgan fingerprint density at radius 3 is 2.69 bits per heavy atom. The van der Waals surface area contributed by atoms with Gasteiger partial charge in [0.2, 0.25) is 0 Å². The van der Waals surface area contributed by atoms with Crippen molar-refractivity contribution >= 4 is 11.8 Å². The molecule has 0 bridgehead atoms. The summed E-state index contributed by atoms with van der Waals surface area (Å²) in [6.45, 7) is 1.39. The monoisotopic (exact) mass is 241 g/mol. The molecule has 1 aliphatic carbocycles. The molecule has 3 fully saturated rings. The van der Waals surface area contributed by atoms with Crippen LogP contribution in [0, 0.1) is 0 Å². The topological polar surface area (TPSA) is 16.5 Å². The van der Waals surface area contributed by atoms with Crippen LogP contribution in [0.25, 0.3) is 0 Å². The number of fused-ring (bicyclic) bond motifs is 1. The van der Waals surface area contributed by atoms with Crippen LogP contribution in [0.2, 0.25) is 0 Å². The van der Waals surface area contributed by atoms with Crippen LogP contribution in [0.3, 0.4) is 0 Å². The second-order valence-electron chi connectivity index (χ2n) is 5.85. The molecule has 0 amide bonds. The highest BCUT2D eigenvalue weighted by molar-refractivity contribution is 8.00. The number of thioether (sulfide) groups is 1. The number of nitrogens with one attached hydrogen (secondary N) is 2. The molecule has 3 heteroatoms. The van der Waals surface area contributed by atoms with E-state index in [0.717, 1.165) is 22.7 Å². The first-order valence-corrected chi connectivity index (χ1v) is 8.03. The Hall–Kier alpha value is 0.270. The van der Waals surface area contributed by atoms with Gasteiger partial charge in [-0.15, -0.1) is 11.8 Å². The lowest BCUT2D eigenvalue weighted by molar-refractivity contribution is -0.911. The first-order valence-electron chi connectivity index (χ1n) is 7.08. The number of quaternary nitrogens is 1. The predicted molar refractivity (Wildman–Crippen MR) is 70.0 cm³/mol. The van der Waals surface area contributed by atoms with Gasteiger partial charge in [0.15, 0.2) is 0 Å². The lowest BCUT2D eigenvalue weighted by Crippen LogP contribution is -3.15. The molecule has 1 saturated carbocycles. The fraction of sp³-hybridized carbons (Fsp3) is 1.00. The molecule has 5 atom stereocenters. The summed E-state index contributed by atoms with van der Waals surface area (Å²) in [5.41, 5.74) is 0. The van der Waals surface area contributed by atoms with Crippen molar-refractivity contribution in [2.45, 2.75) is 67.7 Å². The van der Waals surface area contributed by atoms with Crippen molar-refractivity contribution in [1.29, 1.82) is 0 Å². The molecular formula is C13H25N2S+. The van der Waals surface area contributed by atoms with Crippen molar-refractivity contribution in [3.05, 3.63) is 0 Å². The molecule has 2 heterocycles. The van der Waals surface area contributed by atoms with Gasteiger partial charge in [0, 0.05) is 17.7 Å². The lowest BCUT2D eigenvalue weighted by Gasteiger charge is -2.33. The molecule has 2 saturated heterocycles. The molecule has 2 N–H and O–H groups in total. The van der Waals surface area contributed by atoms with Crippen LogP contribution in [-0.4, -0.2) is 36.3 Å². The van der Waals surface area contributed by atoms with Gasteiger partial charge in [-0.25, -0.2) is 0 Å². The van der Waals surface area contributed by atoms with Gasteiger partial charge in [-0.2, -0.15) is 0 Å². The van der Waals surface area contributed by atoms with Crippen LogP contribution < -0.4 is 10.2 Å². The molecule has 16 heavy (non-hydrogen) atoms. The SMILES string of the molecule is C[NH+]1CCCCC1C1NC2CCCCC2S1. The maximum atomic E-state index is 3.94. The summed E-state index contributed by atoms with van der Waals surface area (Å²) in [5.74, 6) is 0. The van der Waals surface area contributed by atoms with Gasteiger partial charge in [-0.05, 0) is 25.7 Å². The second-order valence-corrected chi connectivity index (χ2v) is 7.24. The van der Waals surface area contributed by atoms with Gasteiger partial charge in [-0.3, -0.25) is 5.32 Å². The highest BCUT2D eigenvalue weighted by Gasteiger charge is 2.42. The normalized spacial score (nSPS) is 48.9. The molecule has 0 spiro atoms. The summed E-state index contributed by atoms with van der Waals surface area (Å²) in [4.78, 5) is 1.77. The fourth-order valence-corrected chi connectivity index (χ4v) is 5.60. The Morgan fingerprint density at radius 2 is 1.88 bits per heavy atom. The molecule has 0 radical (unpaired) electrons. The largest absolute Gasteiger partial charge is 0.333 e. The molecule has 0 aromatic heterocycles. The molecule has 5 unspecified atom stereocenters. The minimum absolute atomic E-state index is 0.758. The number of likely N-dealkylation sites (N-methyl/N-ethyl adjacent to an activating group) is 1. The Balaban J connectivity index is 1.63. The molecule has 92 valence electrons. The van der Waals surface area contributed by atoms with Crippen molar-refractivity contribution in [2.75, 3.05) is 13.6 Å². The molecule has 3 aliphatic rings. The van der Waals surface area contributed by atoms with Gasteiger partial charge in [0.25, 0.3) is 0 Å². The third-order valence-electron chi connectivity index (χ3n) is 4.74. The average Bonchev–Trinajstić information content (AvgIpc) is 2.73. The fourth-order valence-electron chi connectivity index (χ4n) is 3.71. The summed E-state index contributed by atoms with van der Waals surface area (Å²) >= 11 is 2.27. The summed E-state index contributed by atoms with van der Waals surface area (Å²) in [5, 5.41) is 5.63. The van der Waals surface area contributed by atoms with E-state index in [-0.39, 0.29) is 0 Å². The number of hydrogen-bond acceptors (Lipinski definition) is 2. The zero-order chi connectivity index (χ0) is 11.0. The van der Waals surface area contributed by atoms with Crippen LogP contribution in [0.15, 0.2) is 0 Å². The summed E-state index contributed by atoms with van der Waals surface area (Å²) in [6.07, 6.45) is 10.1. The Labute approximate surface area is 104 Å². The Morgan fingerprint density at radius 1 is 1.06 bits per heavy atom. The first kappa shape index (κ1) is 11.4. The molecule has 0 aromatic carbocycles. The minimum atomic E-state index is 0.758. The quantitative estimate of drug-likeness (QED) is 0.713. The Bertz CT molecular complexity index is 232. The minimum Gasteiger partial charge on any atom is -0.333 e. The second kappa shape index (κ2) is 4.87. The smallest absolute Gasteiger partial charge is 0.112 e. The van der Waals surface area contributed by atoms with Crippen molar-refractivity contribution in [1.82, 2.24) is 5.32 Å². The van der Waals surface area contributed by atoms with Crippen molar-refractivity contribution in [3.8, 4) is 0 Å². The average molecular weight is 241 g/mol. The summed E-state index contributed by atoms with van der Waals surface area (Å²) < 4.78 is 0. The highest BCUT2D eigenvalue weighted by Crippen LogP contribution is 2.38. The third-order valence-corrected chi connectivity index (χ3v) is 6.41. The standard InChI is InChI=1S/C13H24N2S/c1-15-9-5-4-7-11(15)13-14-10-6-2-3-8-12(10)16-13/h10-14H,2-9H2,1H3/p+1. The van der Waals surface area contributed by atoms with E-state index in [1.807, 2.05) is 0 Å². The van der Waals surface area contributed by atoms with E-state index in [4.69, 9.17) is 0 Å². The summed E-state index contributed by atoms with van der Waals surface area (Å²) in [6, 6.07) is 1.72. The van der Waals surface area contributed by atoms with Crippen molar-refractivity contribution < 1.29 is 4.90 Å². The van der Waals surface area contributed by atoms with Gasteiger partial charge < -0.3 is 4.90 Å². The van der Waals surface area contributed by atoms with E-state index in [1.165, 1.54) is 51.5 Å². The lowest BCUT2D eigenvalue weighted by atomic mass is 9.94. The molecule has 3 rings (SSSR count). The van der Waals surface area contributed by atoms with E-state index < -0.39 is 0 Å². The van der Waals surface area contributed by atoms with E-state index in [2.05, 4.69) is 24.1 Å². The van der Waals surface area contributed by atoms with E-state index in [1.54, 1.807) is 4.90 Å². The summed E-state index contributed by atoms with van der Waals surface area (Å²) in [7, 11) is 2.40. The highest BCUT2D eigenvalue weighted by atomic mass is 32.2. The van der Waals surface area contributed by atoms with Crippen LogP contribution in [-0.2, 0) is 0 Å². The van der Waals surface area contributed by atoms with Crippen LogP contribution in [0.1, 0.15) is 44.9 Å². The number of hydrogen-bond donors (Lipinski definition) is 2. The number of rotatable bonds is 1. The van der Waals surface area contributed by atoms with Crippen molar-refractivity contribution in [2.24, 2.45) is 0 Å². The first-order chi connectivity index (χ1) is 7.84. The zero-order valence-electron chi connectivity index (χ0n) is 10.4. The van der Waals surface area contributed by atoms with Crippen LogP contribution in [0.5, 0.6) is 0 Å². The number of piperidine rings is 1. The Kier molecular flexibility index (Phi) is 3.46. The zero-order valence-corrected chi connectivity index (χ0v) is 11.2. The maximum absolute atomic E-state index is 3.94. The van der Waals surface area contributed by atoms with Gasteiger partial charge in [0.1, 0.15) is 11.4 Å². The van der Waals surface area contributed by atoms with E-state index in [0.29, 0.717) is 0 Å². The van der Waals surface area contributed by atoms with E-state index in [9.17, 15) is 0 Å². The third kappa shape index (κ3) is 2.14. The molecule has 2 aliphatic heterocycles. The van der Waals surface area contributed by atoms with Gasteiger partial charge >= 0.3 is 0 Å². The molecular weight excluding hydrogens is 216 g/mol. The van der Waals surface area contributed by atoms with Gasteiger partial charge in [0.05, 0.1) is 13.6 Å². The number of likely N-dealkylation sites (tertiary alicyclic amines) is 1. The van der Waals surface area contributed by atoms with Crippen molar-refractivity contribution in [3.63, 3.8) is 0 Å². The van der Waals surface area contributed by atoms with E-state index >= 15 is 0 Å². The molecule has 2 nitrogen and oxygen atoms in total. The van der Waals surface area contributed by atoms with Gasteiger partial charge in [-0.1, -0.05) is 12.8 Å².